The average Bonchev–Trinajstić information content (AvgIpc) is 3.83. The van der Waals surface area contributed by atoms with Crippen molar-refractivity contribution < 1.29 is 4.74 Å². The molecule has 2 aromatic heterocycles. The van der Waals surface area contributed by atoms with Gasteiger partial charge in [-0.05, 0) is 115 Å². The SMILES string of the molecule is CC(C)c1cccc(C(C)C)c1-c1cc(Oc2ccc3c4ccccc4n(-c4cc(C(C)(C)C)ccn4)c3c2)cc([N+]23[CH-][N@+]2(c2cc(-c4ccccc4)cc(C(C)(C)C)c2)c2cc(C(C)(C)C)ccc23)c1. The van der Waals surface area contributed by atoms with Gasteiger partial charge in [0.15, 0.2) is 18.0 Å². The maximum atomic E-state index is 7.30. The standard InChI is InChI=1S/C66H69N4O/c1-42(2)54-23-19-24-55(43(3)4)63(54)46-34-51(39-53(35-46)71-52-27-28-57-56-22-17-18-25-58(56)68(59(57)40-52)62-38-48(30-31-67-62)65(8,9)10)69-41-70(69,61-37-47(64(5,6)7)26-29-60(61)69)50-33-45(44-20-15-14-16-21-44)32-49(36-50)66(11,12)13/h14-43H,1-13H3/q+1/t69?,70-/m0/s1. The van der Waals surface area contributed by atoms with Crippen LogP contribution in [-0.2, 0) is 16.2 Å². The van der Waals surface area contributed by atoms with E-state index in [1.807, 2.05) is 6.20 Å². The molecule has 1 saturated heterocycles. The third kappa shape index (κ3) is 7.54. The molecule has 2 aliphatic rings. The van der Waals surface area contributed by atoms with Gasteiger partial charge in [-0.2, -0.15) is 9.18 Å². The molecule has 11 rings (SSSR count). The van der Waals surface area contributed by atoms with Crippen molar-refractivity contribution in [3.05, 3.63) is 198 Å². The highest BCUT2D eigenvalue weighted by Gasteiger charge is 2.78. The van der Waals surface area contributed by atoms with Crippen molar-refractivity contribution in [1.29, 1.82) is 0 Å². The van der Waals surface area contributed by atoms with Gasteiger partial charge in [-0.1, -0.05) is 169 Å². The Labute approximate surface area is 422 Å². The molecule has 358 valence electrons. The van der Waals surface area contributed by atoms with Gasteiger partial charge in [0.2, 0.25) is 11.4 Å². The molecule has 0 bridgehead atoms. The van der Waals surface area contributed by atoms with E-state index in [-0.39, 0.29) is 16.2 Å². The third-order valence-corrected chi connectivity index (χ3v) is 15.3. The van der Waals surface area contributed by atoms with Crippen LogP contribution in [-0.4, -0.2) is 9.55 Å². The number of quaternary nitrogens is 2. The van der Waals surface area contributed by atoms with Crippen molar-refractivity contribution >= 4 is 44.6 Å². The molecular formula is C66H69N4O+. The van der Waals surface area contributed by atoms with Crippen LogP contribution in [0, 0.1) is 6.67 Å². The number of ether oxygens (including phenoxy) is 1. The van der Waals surface area contributed by atoms with Gasteiger partial charge < -0.3 is 4.74 Å². The number of fused-ring (bicyclic) bond motifs is 7. The molecule has 71 heavy (non-hydrogen) atoms. The monoisotopic (exact) mass is 934 g/mol. The van der Waals surface area contributed by atoms with Crippen LogP contribution in [0.15, 0.2) is 164 Å². The zero-order valence-electron chi connectivity index (χ0n) is 44.0. The van der Waals surface area contributed by atoms with Gasteiger partial charge in [0.25, 0.3) is 0 Å². The van der Waals surface area contributed by atoms with Gasteiger partial charge in [-0.25, -0.2) is 4.98 Å². The Morgan fingerprint density at radius 1 is 0.465 bits per heavy atom. The summed E-state index contributed by atoms with van der Waals surface area (Å²) in [6, 6.07) is 59.0. The Balaban J connectivity index is 1.14. The fourth-order valence-corrected chi connectivity index (χ4v) is 11.3. The number of nitrogens with zero attached hydrogens (tertiary/aromatic N) is 4. The smallest absolute Gasteiger partial charge is 0.225 e. The lowest BCUT2D eigenvalue weighted by molar-refractivity contribution is 0.421. The largest absolute Gasteiger partial charge is 0.457 e. The molecule has 2 aliphatic heterocycles. The predicted octanol–water partition coefficient (Wildman–Crippen LogP) is 18.8. The van der Waals surface area contributed by atoms with Crippen molar-refractivity contribution in [3.8, 4) is 39.6 Å². The highest BCUT2D eigenvalue weighted by Crippen LogP contribution is 2.76. The Morgan fingerprint density at radius 2 is 1.08 bits per heavy atom. The molecule has 4 heterocycles. The summed E-state index contributed by atoms with van der Waals surface area (Å²) < 4.78 is 10.7. The Bertz CT molecular complexity index is 3530. The van der Waals surface area contributed by atoms with Crippen molar-refractivity contribution in [1.82, 2.24) is 18.7 Å². The fourth-order valence-electron chi connectivity index (χ4n) is 11.3. The minimum absolute atomic E-state index is 0.0181. The van der Waals surface area contributed by atoms with Crippen LogP contribution < -0.4 is 13.9 Å². The van der Waals surface area contributed by atoms with E-state index in [2.05, 4.69) is 259 Å². The molecule has 2 atom stereocenters. The number of hydrogen-bond acceptors (Lipinski definition) is 2. The van der Waals surface area contributed by atoms with Crippen LogP contribution in [0.5, 0.6) is 11.5 Å². The summed E-state index contributed by atoms with van der Waals surface area (Å²) in [7, 11) is 0. The second kappa shape index (κ2) is 16.4. The lowest BCUT2D eigenvalue weighted by atomic mass is 9.84. The molecule has 0 saturated carbocycles. The Kier molecular flexibility index (Phi) is 10.7. The molecular weight excluding hydrogens is 865 g/mol. The zero-order valence-corrected chi connectivity index (χ0v) is 44.0. The molecule has 0 spiro atoms. The first-order valence-electron chi connectivity index (χ1n) is 25.7. The number of hydrogen-bond donors (Lipinski definition) is 0. The van der Waals surface area contributed by atoms with Gasteiger partial charge >= 0.3 is 0 Å². The van der Waals surface area contributed by atoms with Crippen molar-refractivity contribution in [2.24, 2.45) is 0 Å². The van der Waals surface area contributed by atoms with Crippen LogP contribution in [0.25, 0.3) is 49.9 Å². The molecule has 7 aromatic carbocycles. The molecule has 9 aromatic rings. The first-order chi connectivity index (χ1) is 33.7. The van der Waals surface area contributed by atoms with Crippen LogP contribution in [0.3, 0.4) is 0 Å². The lowest BCUT2D eigenvalue weighted by Gasteiger charge is -2.41. The molecule has 1 unspecified atom stereocenters. The minimum Gasteiger partial charge on any atom is -0.457 e. The second-order valence-corrected chi connectivity index (χ2v) is 23.9. The molecule has 5 heteroatoms. The number of pyridine rings is 1. The van der Waals surface area contributed by atoms with Gasteiger partial charge in [-0.15, -0.1) is 0 Å². The lowest BCUT2D eigenvalue weighted by Crippen LogP contribution is -2.47. The van der Waals surface area contributed by atoms with Gasteiger partial charge in [0, 0.05) is 59.4 Å². The predicted molar refractivity (Wildman–Crippen MR) is 300 cm³/mol. The van der Waals surface area contributed by atoms with Crippen molar-refractivity contribution in [2.45, 2.75) is 118 Å². The summed E-state index contributed by atoms with van der Waals surface area (Å²) >= 11 is 0. The van der Waals surface area contributed by atoms with Gasteiger partial charge in [0.05, 0.1) is 11.0 Å². The van der Waals surface area contributed by atoms with Crippen LogP contribution in [0.1, 0.15) is 130 Å². The highest BCUT2D eigenvalue weighted by molar-refractivity contribution is 6.09. The normalized spacial score (nSPS) is 17.7. The molecule has 0 aliphatic carbocycles. The number of aromatic nitrogens is 2. The molecule has 5 nitrogen and oxygen atoms in total. The van der Waals surface area contributed by atoms with Crippen LogP contribution in [0.4, 0.5) is 22.7 Å². The molecule has 0 N–H and O–H groups in total. The van der Waals surface area contributed by atoms with E-state index in [0.29, 0.717) is 21.0 Å². The first-order valence-corrected chi connectivity index (χ1v) is 25.7. The van der Waals surface area contributed by atoms with Crippen LogP contribution >= 0.6 is 0 Å². The van der Waals surface area contributed by atoms with Crippen molar-refractivity contribution in [3.63, 3.8) is 0 Å². The van der Waals surface area contributed by atoms with E-state index in [4.69, 9.17) is 9.72 Å². The molecule has 1 fully saturated rings. The minimum atomic E-state index is -0.0719. The van der Waals surface area contributed by atoms with E-state index in [1.54, 1.807) is 0 Å². The molecule has 0 amide bonds. The van der Waals surface area contributed by atoms with E-state index < -0.39 is 0 Å². The van der Waals surface area contributed by atoms with E-state index in [0.717, 1.165) is 33.7 Å². The quantitative estimate of drug-likeness (QED) is 0.0819. The Hall–Kier alpha value is -6.79. The number of rotatable bonds is 9. The van der Waals surface area contributed by atoms with E-state index in [9.17, 15) is 0 Å². The maximum Gasteiger partial charge on any atom is 0.225 e. The zero-order chi connectivity index (χ0) is 50.0. The topological polar surface area (TPSA) is 27.1 Å². The average molecular weight is 934 g/mol. The van der Waals surface area contributed by atoms with Crippen LogP contribution in [0.2, 0.25) is 0 Å². The summed E-state index contributed by atoms with van der Waals surface area (Å²) in [5, 5.41) is 2.35. The maximum absolute atomic E-state index is 7.30. The first kappa shape index (κ1) is 46.6. The Morgan fingerprint density at radius 3 is 1.77 bits per heavy atom. The molecule has 0 radical (unpaired) electrons. The summed E-state index contributed by atoms with van der Waals surface area (Å²) in [6.07, 6.45) is 1.94. The van der Waals surface area contributed by atoms with Gasteiger partial charge in [-0.3, -0.25) is 4.57 Å². The van der Waals surface area contributed by atoms with Gasteiger partial charge in [0.1, 0.15) is 17.3 Å². The summed E-state index contributed by atoms with van der Waals surface area (Å²) in [6.45, 7) is 32.5. The second-order valence-electron chi connectivity index (χ2n) is 23.9. The fraction of sp³-hybridized carbons (Fsp3) is 0.273. The number of para-hydroxylation sites is 1. The summed E-state index contributed by atoms with van der Waals surface area (Å²) in [5.74, 6) is 3.12. The summed E-state index contributed by atoms with van der Waals surface area (Å²) in [5.41, 5.74) is 18.6. The summed E-state index contributed by atoms with van der Waals surface area (Å²) in [4.78, 5) is 4.98. The number of benzene rings is 7. The third-order valence-electron chi connectivity index (χ3n) is 15.3. The van der Waals surface area contributed by atoms with E-state index >= 15 is 0 Å². The van der Waals surface area contributed by atoms with E-state index in [1.165, 1.54) is 78.2 Å². The van der Waals surface area contributed by atoms with Crippen molar-refractivity contribution in [2.75, 3.05) is 0 Å². The highest BCUT2D eigenvalue weighted by atomic mass is 16.5.